The average Bonchev–Trinajstić information content (AvgIpc) is 2.96. The van der Waals surface area contributed by atoms with Gasteiger partial charge in [-0.1, -0.05) is 31.4 Å². The Morgan fingerprint density at radius 3 is 2.73 bits per heavy atom. The highest BCUT2D eigenvalue weighted by molar-refractivity contribution is 5.98. The number of rotatable bonds is 4. The van der Waals surface area contributed by atoms with Crippen molar-refractivity contribution in [2.24, 2.45) is 5.92 Å². The number of hydrogen-bond donors (Lipinski definition) is 1. The number of fused-ring (bicyclic) bond motifs is 1. The van der Waals surface area contributed by atoms with Crippen molar-refractivity contribution in [1.29, 1.82) is 0 Å². The van der Waals surface area contributed by atoms with Crippen LogP contribution in [0.25, 0.3) is 10.9 Å². The van der Waals surface area contributed by atoms with E-state index in [0.29, 0.717) is 5.92 Å². The van der Waals surface area contributed by atoms with Crippen molar-refractivity contribution in [2.45, 2.75) is 46.0 Å². The molecule has 0 atom stereocenters. The number of benzene rings is 1. The Balaban J connectivity index is 1.76. The summed E-state index contributed by atoms with van der Waals surface area (Å²) >= 11 is 0. The quantitative estimate of drug-likeness (QED) is 0.885. The zero-order chi connectivity index (χ0) is 15.5. The van der Waals surface area contributed by atoms with Crippen LogP contribution in [-0.2, 0) is 0 Å². The molecule has 3 heteroatoms. The van der Waals surface area contributed by atoms with Crippen LogP contribution in [0.5, 0.6) is 0 Å². The molecule has 1 aromatic carbocycles. The maximum Gasteiger partial charge on any atom is 0.270 e. The van der Waals surface area contributed by atoms with Gasteiger partial charge in [0, 0.05) is 24.0 Å². The summed E-state index contributed by atoms with van der Waals surface area (Å²) in [7, 11) is 0. The molecule has 2 aromatic rings. The van der Waals surface area contributed by atoms with Crippen LogP contribution in [0.1, 0.15) is 55.1 Å². The minimum atomic E-state index is 0.141. The third-order valence-corrected chi connectivity index (χ3v) is 4.88. The van der Waals surface area contributed by atoms with Crippen LogP contribution in [0, 0.1) is 12.8 Å². The Morgan fingerprint density at radius 2 is 2.00 bits per heavy atom. The van der Waals surface area contributed by atoms with E-state index in [1.807, 2.05) is 11.0 Å². The first-order valence-electron chi connectivity index (χ1n) is 8.56. The third kappa shape index (κ3) is 3.18. The normalized spacial score (nSPS) is 16.1. The molecule has 3 nitrogen and oxygen atoms in total. The van der Waals surface area contributed by atoms with Crippen LogP contribution in [0.3, 0.4) is 0 Å². The molecule has 1 fully saturated rings. The van der Waals surface area contributed by atoms with Gasteiger partial charge in [0.05, 0.1) is 0 Å². The zero-order valence-electron chi connectivity index (χ0n) is 13.7. The van der Waals surface area contributed by atoms with Gasteiger partial charge in [0.15, 0.2) is 0 Å². The highest BCUT2D eigenvalue weighted by atomic mass is 16.2. The topological polar surface area (TPSA) is 36.1 Å². The van der Waals surface area contributed by atoms with E-state index >= 15 is 0 Å². The number of nitrogens with one attached hydrogen (secondary N) is 1. The van der Waals surface area contributed by atoms with Crippen LogP contribution >= 0.6 is 0 Å². The van der Waals surface area contributed by atoms with E-state index in [4.69, 9.17) is 0 Å². The van der Waals surface area contributed by atoms with Crippen LogP contribution in [0.2, 0.25) is 0 Å². The second-order valence-corrected chi connectivity index (χ2v) is 6.62. The van der Waals surface area contributed by atoms with Gasteiger partial charge in [-0.25, -0.2) is 0 Å². The molecular formula is C19H26N2O. The summed E-state index contributed by atoms with van der Waals surface area (Å²) in [6.45, 7) is 5.84. The number of nitrogens with zero attached hydrogens (tertiary/aromatic N) is 1. The van der Waals surface area contributed by atoms with E-state index in [1.165, 1.54) is 37.7 Å². The summed E-state index contributed by atoms with van der Waals surface area (Å²) in [5, 5.41) is 1.11. The molecule has 0 unspecified atom stereocenters. The van der Waals surface area contributed by atoms with Crippen LogP contribution in [0.15, 0.2) is 24.3 Å². The van der Waals surface area contributed by atoms with Gasteiger partial charge in [0.25, 0.3) is 5.91 Å². The molecule has 0 aliphatic heterocycles. The molecule has 22 heavy (non-hydrogen) atoms. The van der Waals surface area contributed by atoms with Gasteiger partial charge in [-0.2, -0.15) is 0 Å². The van der Waals surface area contributed by atoms with Crippen molar-refractivity contribution >= 4 is 16.8 Å². The summed E-state index contributed by atoms with van der Waals surface area (Å²) in [5.74, 6) is 0.825. The van der Waals surface area contributed by atoms with Crippen LogP contribution in [-0.4, -0.2) is 28.9 Å². The number of carbonyl (C=O) groups excluding carboxylic acids is 1. The lowest BCUT2D eigenvalue weighted by Gasteiger charge is -2.28. The Hall–Kier alpha value is -1.77. The average molecular weight is 298 g/mol. The van der Waals surface area contributed by atoms with Crippen molar-refractivity contribution in [2.75, 3.05) is 13.1 Å². The zero-order valence-corrected chi connectivity index (χ0v) is 13.7. The smallest absolute Gasteiger partial charge is 0.270 e. The maximum absolute atomic E-state index is 12.8. The van der Waals surface area contributed by atoms with Gasteiger partial charge in [-0.3, -0.25) is 4.79 Å². The van der Waals surface area contributed by atoms with Gasteiger partial charge in [-0.05, 0) is 50.3 Å². The number of amides is 1. The summed E-state index contributed by atoms with van der Waals surface area (Å²) in [6.07, 6.45) is 6.55. The first-order valence-corrected chi connectivity index (χ1v) is 8.56. The second-order valence-electron chi connectivity index (χ2n) is 6.62. The molecule has 1 amide bonds. The van der Waals surface area contributed by atoms with Gasteiger partial charge in [0.1, 0.15) is 5.69 Å². The van der Waals surface area contributed by atoms with Crippen molar-refractivity contribution in [1.82, 2.24) is 9.88 Å². The predicted molar refractivity (Wildman–Crippen MR) is 91.2 cm³/mol. The fourth-order valence-electron chi connectivity index (χ4n) is 3.56. The molecule has 0 bridgehead atoms. The standard InChI is InChI=1S/C19H26N2O/c1-3-21(13-15-7-5-4-6-8-15)19(22)18-12-16-10-9-14(2)11-17(16)20-18/h9-12,15,20H,3-8,13H2,1-2H3. The highest BCUT2D eigenvalue weighted by Crippen LogP contribution is 2.25. The van der Waals surface area contributed by atoms with Gasteiger partial charge in [0.2, 0.25) is 0 Å². The Morgan fingerprint density at radius 1 is 1.23 bits per heavy atom. The van der Waals surface area contributed by atoms with E-state index < -0.39 is 0 Å². The van der Waals surface area contributed by atoms with Crippen LogP contribution < -0.4 is 0 Å². The molecular weight excluding hydrogens is 272 g/mol. The molecule has 0 radical (unpaired) electrons. The SMILES string of the molecule is CCN(CC1CCCCC1)C(=O)c1cc2ccc(C)cc2[nH]1. The third-order valence-electron chi connectivity index (χ3n) is 4.88. The lowest BCUT2D eigenvalue weighted by molar-refractivity contribution is 0.0719. The largest absolute Gasteiger partial charge is 0.351 e. The Kier molecular flexibility index (Phi) is 4.51. The summed E-state index contributed by atoms with van der Waals surface area (Å²) in [4.78, 5) is 18.1. The number of hydrogen-bond acceptors (Lipinski definition) is 1. The molecule has 1 heterocycles. The van der Waals surface area contributed by atoms with Crippen molar-refractivity contribution in [3.05, 3.63) is 35.5 Å². The molecule has 1 aliphatic carbocycles. The fraction of sp³-hybridized carbons (Fsp3) is 0.526. The lowest BCUT2D eigenvalue weighted by Crippen LogP contribution is -2.36. The molecule has 3 rings (SSSR count). The van der Waals surface area contributed by atoms with Crippen molar-refractivity contribution < 1.29 is 4.79 Å². The highest BCUT2D eigenvalue weighted by Gasteiger charge is 2.21. The molecule has 0 spiro atoms. The lowest BCUT2D eigenvalue weighted by atomic mass is 9.89. The van der Waals surface area contributed by atoms with Crippen molar-refractivity contribution in [3.8, 4) is 0 Å². The molecule has 0 saturated heterocycles. The van der Waals surface area contributed by atoms with E-state index in [9.17, 15) is 4.79 Å². The Labute approximate surface area is 132 Å². The predicted octanol–water partition coefficient (Wildman–Crippen LogP) is 4.52. The van der Waals surface area contributed by atoms with Crippen molar-refractivity contribution in [3.63, 3.8) is 0 Å². The number of aromatic nitrogens is 1. The van der Waals surface area contributed by atoms with E-state index in [2.05, 4.69) is 37.0 Å². The molecule has 1 N–H and O–H groups in total. The maximum atomic E-state index is 12.8. The van der Waals surface area contributed by atoms with Gasteiger partial charge < -0.3 is 9.88 Å². The van der Waals surface area contributed by atoms with E-state index in [-0.39, 0.29) is 5.91 Å². The fourth-order valence-corrected chi connectivity index (χ4v) is 3.56. The molecule has 1 aromatic heterocycles. The van der Waals surface area contributed by atoms with E-state index in [1.54, 1.807) is 0 Å². The first-order chi connectivity index (χ1) is 10.7. The van der Waals surface area contributed by atoms with Crippen LogP contribution in [0.4, 0.5) is 0 Å². The number of carbonyl (C=O) groups is 1. The van der Waals surface area contributed by atoms with Gasteiger partial charge >= 0.3 is 0 Å². The molecule has 1 saturated carbocycles. The minimum Gasteiger partial charge on any atom is -0.351 e. The van der Waals surface area contributed by atoms with E-state index in [0.717, 1.165) is 29.7 Å². The molecule has 118 valence electrons. The second kappa shape index (κ2) is 6.55. The number of H-pyrrole nitrogens is 1. The summed E-state index contributed by atoms with van der Waals surface area (Å²) in [5.41, 5.74) is 2.98. The number of aryl methyl sites for hydroxylation is 1. The Bertz CT molecular complexity index is 652. The minimum absolute atomic E-state index is 0.141. The monoisotopic (exact) mass is 298 g/mol. The first kappa shape index (κ1) is 15.1. The number of aromatic amines is 1. The van der Waals surface area contributed by atoms with Gasteiger partial charge in [-0.15, -0.1) is 0 Å². The summed E-state index contributed by atoms with van der Waals surface area (Å²) in [6, 6.07) is 8.25. The summed E-state index contributed by atoms with van der Waals surface area (Å²) < 4.78 is 0. The molecule has 1 aliphatic rings.